The molecule has 0 unspecified atom stereocenters. The summed E-state index contributed by atoms with van der Waals surface area (Å²) in [4.78, 5) is 6.92. The molecule has 0 atom stereocenters. The van der Waals surface area contributed by atoms with E-state index in [9.17, 15) is 8.42 Å². The zero-order valence-corrected chi connectivity index (χ0v) is 13.4. The van der Waals surface area contributed by atoms with Crippen LogP contribution in [0.3, 0.4) is 0 Å². The van der Waals surface area contributed by atoms with Gasteiger partial charge in [-0.05, 0) is 12.1 Å². The molecule has 0 aliphatic carbocycles. The lowest BCUT2D eigenvalue weighted by molar-refractivity contribution is 0.177. The first-order chi connectivity index (χ1) is 10.6. The van der Waals surface area contributed by atoms with Gasteiger partial charge in [-0.25, -0.2) is 13.4 Å². The van der Waals surface area contributed by atoms with Gasteiger partial charge >= 0.3 is 0 Å². The van der Waals surface area contributed by atoms with Crippen molar-refractivity contribution in [1.29, 1.82) is 0 Å². The molecule has 0 saturated carbocycles. The molecule has 0 N–H and O–H groups in total. The minimum atomic E-state index is -3.37. The van der Waals surface area contributed by atoms with Crippen molar-refractivity contribution in [3.63, 3.8) is 0 Å². The SMILES string of the molecule is Cn1ccnc1CN1CCN(S(=O)(=O)c2ccccc2)CC1. The Balaban J connectivity index is 1.63. The van der Waals surface area contributed by atoms with Crippen LogP contribution in [0.1, 0.15) is 5.82 Å². The average Bonchev–Trinajstić information content (AvgIpc) is 2.94. The van der Waals surface area contributed by atoms with Crippen LogP contribution in [-0.4, -0.2) is 53.4 Å². The molecule has 2 heterocycles. The molecule has 0 amide bonds. The highest BCUT2D eigenvalue weighted by molar-refractivity contribution is 7.89. The summed E-state index contributed by atoms with van der Waals surface area (Å²) in [5.41, 5.74) is 0. The van der Waals surface area contributed by atoms with Crippen LogP contribution >= 0.6 is 0 Å². The van der Waals surface area contributed by atoms with Crippen LogP contribution in [0.15, 0.2) is 47.6 Å². The Morgan fingerprint density at radius 2 is 1.77 bits per heavy atom. The second-order valence-electron chi connectivity index (χ2n) is 5.45. The molecular formula is C15H20N4O2S. The Bertz CT molecular complexity index is 719. The molecule has 1 saturated heterocycles. The number of aromatic nitrogens is 2. The van der Waals surface area contributed by atoms with Crippen molar-refractivity contribution in [2.45, 2.75) is 11.4 Å². The molecule has 1 aliphatic rings. The second kappa shape index (κ2) is 6.20. The first-order valence-electron chi connectivity index (χ1n) is 7.31. The first kappa shape index (κ1) is 15.2. The number of piperazine rings is 1. The molecule has 3 rings (SSSR count). The lowest BCUT2D eigenvalue weighted by Gasteiger charge is -2.33. The Morgan fingerprint density at radius 1 is 1.09 bits per heavy atom. The third kappa shape index (κ3) is 3.06. The van der Waals surface area contributed by atoms with Crippen molar-refractivity contribution in [2.75, 3.05) is 26.2 Å². The van der Waals surface area contributed by atoms with Crippen molar-refractivity contribution < 1.29 is 8.42 Å². The monoisotopic (exact) mass is 320 g/mol. The number of imidazole rings is 1. The van der Waals surface area contributed by atoms with Crippen LogP contribution in [0.2, 0.25) is 0 Å². The van der Waals surface area contributed by atoms with E-state index < -0.39 is 10.0 Å². The summed E-state index contributed by atoms with van der Waals surface area (Å²) < 4.78 is 28.7. The van der Waals surface area contributed by atoms with Gasteiger partial charge in [0.15, 0.2) is 0 Å². The quantitative estimate of drug-likeness (QED) is 0.841. The van der Waals surface area contributed by atoms with Crippen LogP contribution < -0.4 is 0 Å². The van der Waals surface area contributed by atoms with Crippen molar-refractivity contribution in [2.24, 2.45) is 7.05 Å². The molecule has 1 aromatic carbocycles. The van der Waals surface area contributed by atoms with Crippen molar-refractivity contribution in [3.8, 4) is 0 Å². The maximum atomic E-state index is 12.6. The molecular weight excluding hydrogens is 300 g/mol. The molecule has 1 aromatic heterocycles. The number of hydrogen-bond donors (Lipinski definition) is 0. The first-order valence-corrected chi connectivity index (χ1v) is 8.75. The summed E-state index contributed by atoms with van der Waals surface area (Å²) in [5, 5.41) is 0. The van der Waals surface area contributed by atoms with E-state index in [0.717, 1.165) is 25.5 Å². The zero-order valence-electron chi connectivity index (χ0n) is 12.6. The van der Waals surface area contributed by atoms with E-state index in [1.54, 1.807) is 34.8 Å². The number of sulfonamides is 1. The molecule has 1 aliphatic heterocycles. The molecule has 118 valence electrons. The third-order valence-electron chi connectivity index (χ3n) is 4.00. The number of benzene rings is 1. The summed E-state index contributed by atoms with van der Waals surface area (Å²) in [6, 6.07) is 8.63. The minimum Gasteiger partial charge on any atom is -0.337 e. The maximum absolute atomic E-state index is 12.6. The smallest absolute Gasteiger partial charge is 0.243 e. The fraction of sp³-hybridized carbons (Fsp3) is 0.400. The highest BCUT2D eigenvalue weighted by Crippen LogP contribution is 2.17. The number of rotatable bonds is 4. The van der Waals surface area contributed by atoms with Crippen molar-refractivity contribution in [3.05, 3.63) is 48.5 Å². The topological polar surface area (TPSA) is 58.4 Å². The van der Waals surface area contributed by atoms with E-state index in [0.29, 0.717) is 18.0 Å². The van der Waals surface area contributed by atoms with E-state index >= 15 is 0 Å². The van der Waals surface area contributed by atoms with Gasteiger partial charge in [-0.3, -0.25) is 4.90 Å². The predicted octanol–water partition coefficient (Wildman–Crippen LogP) is 0.927. The van der Waals surface area contributed by atoms with Crippen molar-refractivity contribution in [1.82, 2.24) is 18.8 Å². The Hall–Kier alpha value is -1.70. The molecule has 7 heteroatoms. The Kier molecular flexibility index (Phi) is 4.28. The molecule has 0 spiro atoms. The Labute approximate surface area is 131 Å². The molecule has 0 bridgehead atoms. The van der Waals surface area contributed by atoms with Gasteiger partial charge in [-0.1, -0.05) is 18.2 Å². The van der Waals surface area contributed by atoms with Gasteiger partial charge in [0, 0.05) is 45.6 Å². The third-order valence-corrected chi connectivity index (χ3v) is 5.91. The minimum absolute atomic E-state index is 0.368. The van der Waals surface area contributed by atoms with Crippen molar-refractivity contribution >= 4 is 10.0 Å². The average molecular weight is 320 g/mol. The van der Waals surface area contributed by atoms with E-state index in [-0.39, 0.29) is 0 Å². The normalized spacial score (nSPS) is 17.7. The number of nitrogens with zero attached hydrogens (tertiary/aromatic N) is 4. The van der Waals surface area contributed by atoms with Gasteiger partial charge in [0.2, 0.25) is 10.0 Å². The highest BCUT2D eigenvalue weighted by atomic mass is 32.2. The summed E-state index contributed by atoms with van der Waals surface area (Å²) in [5.74, 6) is 0.999. The zero-order chi connectivity index (χ0) is 15.6. The van der Waals surface area contributed by atoms with Crippen LogP contribution in [0.5, 0.6) is 0 Å². The van der Waals surface area contributed by atoms with Gasteiger partial charge in [-0.2, -0.15) is 4.31 Å². The highest BCUT2D eigenvalue weighted by Gasteiger charge is 2.28. The van der Waals surface area contributed by atoms with Gasteiger partial charge in [-0.15, -0.1) is 0 Å². The van der Waals surface area contributed by atoms with Gasteiger partial charge in [0.25, 0.3) is 0 Å². The predicted molar refractivity (Wildman–Crippen MR) is 83.7 cm³/mol. The summed E-state index contributed by atoms with van der Waals surface area (Å²) in [6.45, 7) is 3.23. The molecule has 22 heavy (non-hydrogen) atoms. The summed E-state index contributed by atoms with van der Waals surface area (Å²) in [7, 11) is -1.40. The van der Waals surface area contributed by atoms with Crippen LogP contribution in [0.4, 0.5) is 0 Å². The summed E-state index contributed by atoms with van der Waals surface area (Å²) in [6.07, 6.45) is 3.71. The molecule has 2 aromatic rings. The molecule has 0 radical (unpaired) electrons. The fourth-order valence-corrected chi connectivity index (χ4v) is 4.06. The van der Waals surface area contributed by atoms with Gasteiger partial charge < -0.3 is 4.57 Å². The Morgan fingerprint density at radius 3 is 2.36 bits per heavy atom. The van der Waals surface area contributed by atoms with E-state index in [1.165, 1.54) is 0 Å². The maximum Gasteiger partial charge on any atom is 0.243 e. The van der Waals surface area contributed by atoms with E-state index in [4.69, 9.17) is 0 Å². The standard InChI is InChI=1S/C15H20N4O2S/c1-17-8-7-16-15(17)13-18-9-11-19(12-10-18)22(20,21)14-5-3-2-4-6-14/h2-8H,9-13H2,1H3. The summed E-state index contributed by atoms with van der Waals surface area (Å²) >= 11 is 0. The number of aryl methyl sites for hydroxylation is 1. The largest absolute Gasteiger partial charge is 0.337 e. The molecule has 6 nitrogen and oxygen atoms in total. The van der Waals surface area contributed by atoms with E-state index in [2.05, 4.69) is 9.88 Å². The van der Waals surface area contributed by atoms with Crippen LogP contribution in [0, 0.1) is 0 Å². The van der Waals surface area contributed by atoms with E-state index in [1.807, 2.05) is 23.9 Å². The molecule has 1 fully saturated rings. The fourth-order valence-electron chi connectivity index (χ4n) is 2.62. The van der Waals surface area contributed by atoms with Gasteiger partial charge in [0.05, 0.1) is 11.4 Å². The van der Waals surface area contributed by atoms with Crippen LogP contribution in [0.25, 0.3) is 0 Å². The van der Waals surface area contributed by atoms with Crippen LogP contribution in [-0.2, 0) is 23.6 Å². The second-order valence-corrected chi connectivity index (χ2v) is 7.39. The van der Waals surface area contributed by atoms with Gasteiger partial charge in [0.1, 0.15) is 5.82 Å². The lowest BCUT2D eigenvalue weighted by atomic mass is 10.3. The number of hydrogen-bond acceptors (Lipinski definition) is 4. The lowest BCUT2D eigenvalue weighted by Crippen LogP contribution is -2.48.